The highest BCUT2D eigenvalue weighted by molar-refractivity contribution is 5.51. The maximum Gasteiger partial charge on any atom is 0.155 e. The molecular formula is C20H28N8O. The first-order valence-electron chi connectivity index (χ1n) is 9.90. The van der Waals surface area contributed by atoms with Crippen LogP contribution in [0.5, 0.6) is 0 Å². The number of aliphatic hydroxyl groups excluding tert-OH is 1. The maximum atomic E-state index is 10.3. The minimum absolute atomic E-state index is 0.110. The van der Waals surface area contributed by atoms with Gasteiger partial charge in [0.15, 0.2) is 5.65 Å². The predicted molar refractivity (Wildman–Crippen MR) is 112 cm³/mol. The number of aromatic nitrogens is 5. The zero-order valence-corrected chi connectivity index (χ0v) is 17.3. The molecule has 0 aliphatic carbocycles. The van der Waals surface area contributed by atoms with E-state index in [9.17, 15) is 5.11 Å². The van der Waals surface area contributed by atoms with Gasteiger partial charge in [0, 0.05) is 68.9 Å². The molecule has 0 amide bonds. The standard InChI is InChI=1S/C20H28N8O/c1-13(17-10-22-18-5-6-25-28(18)14(17)2)21-9-15-7-16(29)11-27(15)20-8-19(26(3)4)23-12-24-20/h5-6,8,10,12-13,15-16,21,29H,7,9,11H2,1-4H3/t13?,15-,16-/m1/s1. The van der Waals surface area contributed by atoms with Gasteiger partial charge in [-0.2, -0.15) is 5.10 Å². The summed E-state index contributed by atoms with van der Waals surface area (Å²) in [5.74, 6) is 1.70. The third-order valence-corrected chi connectivity index (χ3v) is 5.60. The quantitative estimate of drug-likeness (QED) is 0.642. The Morgan fingerprint density at radius 3 is 2.93 bits per heavy atom. The van der Waals surface area contributed by atoms with Crippen molar-refractivity contribution < 1.29 is 5.11 Å². The first-order valence-corrected chi connectivity index (χ1v) is 9.90. The summed E-state index contributed by atoms with van der Waals surface area (Å²) in [4.78, 5) is 17.3. The van der Waals surface area contributed by atoms with Crippen LogP contribution in [0.4, 0.5) is 11.6 Å². The van der Waals surface area contributed by atoms with Crippen LogP contribution in [-0.2, 0) is 0 Å². The average molecular weight is 396 g/mol. The number of aliphatic hydroxyl groups is 1. The Morgan fingerprint density at radius 1 is 1.31 bits per heavy atom. The van der Waals surface area contributed by atoms with Crippen LogP contribution in [0.3, 0.4) is 0 Å². The van der Waals surface area contributed by atoms with Crippen molar-refractivity contribution in [1.29, 1.82) is 0 Å². The number of hydrogen-bond acceptors (Lipinski definition) is 8. The number of β-amino-alcohol motifs (C(OH)–C–C–N with tert-alkyl or cyclic N) is 1. The molecule has 1 fully saturated rings. The van der Waals surface area contributed by atoms with E-state index < -0.39 is 0 Å². The van der Waals surface area contributed by atoms with Crippen molar-refractivity contribution in [2.75, 3.05) is 37.0 Å². The van der Waals surface area contributed by atoms with Gasteiger partial charge in [0.05, 0.1) is 12.3 Å². The highest BCUT2D eigenvalue weighted by atomic mass is 16.3. The van der Waals surface area contributed by atoms with Crippen LogP contribution in [0.25, 0.3) is 5.65 Å². The van der Waals surface area contributed by atoms with Crippen molar-refractivity contribution >= 4 is 17.3 Å². The number of aryl methyl sites for hydroxylation is 1. The van der Waals surface area contributed by atoms with E-state index in [1.165, 1.54) is 0 Å². The number of nitrogens with one attached hydrogen (secondary N) is 1. The summed E-state index contributed by atoms with van der Waals surface area (Å²) in [6.07, 6.45) is 5.60. The van der Waals surface area contributed by atoms with Crippen LogP contribution in [0, 0.1) is 6.92 Å². The molecule has 3 aromatic rings. The number of nitrogens with zero attached hydrogens (tertiary/aromatic N) is 7. The van der Waals surface area contributed by atoms with Gasteiger partial charge < -0.3 is 20.2 Å². The van der Waals surface area contributed by atoms with Crippen LogP contribution >= 0.6 is 0 Å². The molecule has 0 saturated carbocycles. The minimum atomic E-state index is -0.362. The molecule has 1 unspecified atom stereocenters. The Kier molecular flexibility index (Phi) is 5.33. The van der Waals surface area contributed by atoms with Gasteiger partial charge in [-0.15, -0.1) is 0 Å². The van der Waals surface area contributed by atoms with Gasteiger partial charge in [0.2, 0.25) is 0 Å². The largest absolute Gasteiger partial charge is 0.391 e. The van der Waals surface area contributed by atoms with Gasteiger partial charge >= 0.3 is 0 Å². The van der Waals surface area contributed by atoms with E-state index in [1.807, 2.05) is 41.8 Å². The van der Waals surface area contributed by atoms with Crippen LogP contribution in [-0.4, -0.2) is 69.0 Å². The fraction of sp³-hybridized carbons (Fsp3) is 0.500. The molecule has 3 aromatic heterocycles. The van der Waals surface area contributed by atoms with Gasteiger partial charge in [0.1, 0.15) is 18.0 Å². The second-order valence-electron chi connectivity index (χ2n) is 7.85. The van der Waals surface area contributed by atoms with E-state index >= 15 is 0 Å². The van der Waals surface area contributed by atoms with Crippen LogP contribution in [0.1, 0.15) is 30.6 Å². The summed E-state index contributed by atoms with van der Waals surface area (Å²) in [5.41, 5.74) is 3.04. The lowest BCUT2D eigenvalue weighted by molar-refractivity contribution is 0.193. The van der Waals surface area contributed by atoms with E-state index in [0.717, 1.165) is 35.1 Å². The molecule has 0 radical (unpaired) electrons. The summed E-state index contributed by atoms with van der Waals surface area (Å²) >= 11 is 0. The zero-order chi connectivity index (χ0) is 20.5. The van der Waals surface area contributed by atoms with Crippen molar-refractivity contribution in [3.8, 4) is 0 Å². The van der Waals surface area contributed by atoms with Crippen LogP contribution < -0.4 is 15.1 Å². The van der Waals surface area contributed by atoms with E-state index in [2.05, 4.69) is 44.1 Å². The normalized spacial score (nSPS) is 20.4. The van der Waals surface area contributed by atoms with Crippen molar-refractivity contribution in [1.82, 2.24) is 29.9 Å². The fourth-order valence-electron chi connectivity index (χ4n) is 3.96. The van der Waals surface area contributed by atoms with Crippen LogP contribution in [0.2, 0.25) is 0 Å². The molecule has 154 valence electrons. The summed E-state index contributed by atoms with van der Waals surface area (Å²) < 4.78 is 1.86. The summed E-state index contributed by atoms with van der Waals surface area (Å²) in [5, 5.41) is 18.2. The molecule has 0 bridgehead atoms. The summed E-state index contributed by atoms with van der Waals surface area (Å²) in [7, 11) is 3.91. The molecule has 0 spiro atoms. The number of anilines is 2. The lowest BCUT2D eigenvalue weighted by atomic mass is 10.1. The minimum Gasteiger partial charge on any atom is -0.391 e. The third-order valence-electron chi connectivity index (χ3n) is 5.60. The third kappa shape index (κ3) is 3.88. The molecule has 1 saturated heterocycles. The maximum absolute atomic E-state index is 10.3. The summed E-state index contributed by atoms with van der Waals surface area (Å²) in [6.45, 7) is 5.49. The molecule has 3 atom stereocenters. The molecule has 4 rings (SSSR count). The molecule has 29 heavy (non-hydrogen) atoms. The topological polar surface area (TPSA) is 94.7 Å². The molecule has 4 heterocycles. The highest BCUT2D eigenvalue weighted by Crippen LogP contribution is 2.26. The number of fused-ring (bicyclic) bond motifs is 1. The van der Waals surface area contributed by atoms with E-state index in [-0.39, 0.29) is 18.2 Å². The van der Waals surface area contributed by atoms with Gasteiger partial charge in [-0.1, -0.05) is 0 Å². The monoisotopic (exact) mass is 396 g/mol. The van der Waals surface area contributed by atoms with E-state index in [1.54, 1.807) is 12.5 Å². The molecule has 9 heteroatoms. The first-order chi connectivity index (χ1) is 13.9. The van der Waals surface area contributed by atoms with Crippen molar-refractivity contribution in [3.63, 3.8) is 0 Å². The van der Waals surface area contributed by atoms with E-state index in [4.69, 9.17) is 0 Å². The highest BCUT2D eigenvalue weighted by Gasteiger charge is 2.32. The lowest BCUT2D eigenvalue weighted by Gasteiger charge is -2.28. The second-order valence-corrected chi connectivity index (χ2v) is 7.85. The predicted octanol–water partition coefficient (Wildman–Crippen LogP) is 1.18. The SMILES string of the molecule is Cc1c(C(C)NC[C@H]2C[C@@H](O)CN2c2cc(N(C)C)ncn2)cnc2ccnn12. The van der Waals surface area contributed by atoms with Gasteiger partial charge in [0.25, 0.3) is 0 Å². The molecule has 2 N–H and O–H groups in total. The smallest absolute Gasteiger partial charge is 0.155 e. The van der Waals surface area contributed by atoms with Gasteiger partial charge in [-0.3, -0.25) is 0 Å². The Hall–Kier alpha value is -2.78. The molecule has 0 aromatic carbocycles. The Labute approximate surface area is 170 Å². The van der Waals surface area contributed by atoms with Crippen molar-refractivity contribution in [2.24, 2.45) is 0 Å². The van der Waals surface area contributed by atoms with Crippen molar-refractivity contribution in [2.45, 2.75) is 38.5 Å². The fourth-order valence-corrected chi connectivity index (χ4v) is 3.96. The van der Waals surface area contributed by atoms with Crippen LogP contribution in [0.15, 0.2) is 30.9 Å². The molecule has 1 aliphatic heterocycles. The average Bonchev–Trinajstić information content (AvgIpc) is 3.33. The second kappa shape index (κ2) is 7.92. The Balaban J connectivity index is 1.48. The van der Waals surface area contributed by atoms with Crippen molar-refractivity contribution in [3.05, 3.63) is 42.1 Å². The molecular weight excluding hydrogens is 368 g/mol. The summed E-state index contributed by atoms with van der Waals surface area (Å²) in [6, 6.07) is 4.13. The number of rotatable bonds is 6. The van der Waals surface area contributed by atoms with Gasteiger partial charge in [-0.05, 0) is 20.3 Å². The van der Waals surface area contributed by atoms with Gasteiger partial charge in [-0.25, -0.2) is 19.5 Å². The first kappa shape index (κ1) is 19.5. The Morgan fingerprint density at radius 2 is 2.14 bits per heavy atom. The zero-order valence-electron chi connectivity index (χ0n) is 17.3. The number of hydrogen-bond donors (Lipinski definition) is 2. The lowest BCUT2D eigenvalue weighted by Crippen LogP contribution is -2.39. The molecule has 9 nitrogen and oxygen atoms in total. The van der Waals surface area contributed by atoms with E-state index in [0.29, 0.717) is 13.0 Å². The Bertz CT molecular complexity index is 988. The molecule has 1 aliphatic rings.